The maximum absolute atomic E-state index is 13.0. The van der Waals surface area contributed by atoms with E-state index in [1.165, 1.54) is 24.3 Å². The second kappa shape index (κ2) is 9.15. The van der Waals surface area contributed by atoms with Crippen LogP contribution in [0.2, 0.25) is 0 Å². The Labute approximate surface area is 147 Å². The number of halogens is 1. The first kappa shape index (κ1) is 18.9. The molecule has 1 aromatic rings. The summed E-state index contributed by atoms with van der Waals surface area (Å²) in [5, 5.41) is 3.22. The van der Waals surface area contributed by atoms with Crippen molar-refractivity contribution in [2.45, 2.75) is 24.9 Å². The molecule has 1 fully saturated rings. The average molecular weight is 345 g/mol. The van der Waals surface area contributed by atoms with Gasteiger partial charge in [0, 0.05) is 24.8 Å². The number of carbonyl (C=O) groups excluding carboxylic acids is 1. The Morgan fingerprint density at radius 1 is 1.32 bits per heavy atom. The van der Waals surface area contributed by atoms with Gasteiger partial charge in [0.1, 0.15) is 5.82 Å². The Balaban J connectivity index is 2.11. The van der Waals surface area contributed by atoms with Crippen LogP contribution < -0.4 is 16.8 Å². The van der Waals surface area contributed by atoms with Gasteiger partial charge in [-0.1, -0.05) is 18.7 Å². The van der Waals surface area contributed by atoms with E-state index in [0.717, 1.165) is 12.8 Å². The van der Waals surface area contributed by atoms with Crippen molar-refractivity contribution in [2.24, 2.45) is 11.5 Å². The highest BCUT2D eigenvalue weighted by molar-refractivity contribution is 6.02. The summed E-state index contributed by atoms with van der Waals surface area (Å²) in [6, 6.07) is 4.60. The van der Waals surface area contributed by atoms with Gasteiger partial charge in [-0.15, -0.1) is 0 Å². The molecule has 1 unspecified atom stereocenters. The Morgan fingerprint density at radius 3 is 2.56 bits per heavy atom. The number of ether oxygens (including phenoxy) is 1. The normalized spacial score (nSPS) is 17.8. The summed E-state index contributed by atoms with van der Waals surface area (Å²) >= 11 is 0. The minimum Gasteiger partial charge on any atom is -0.386 e. The zero-order valence-corrected chi connectivity index (χ0v) is 14.1. The predicted octanol–water partition coefficient (Wildman–Crippen LogP) is 2.02. The summed E-state index contributed by atoms with van der Waals surface area (Å²) in [6.45, 7) is 5.04. The fourth-order valence-electron chi connectivity index (χ4n) is 2.62. The number of hydrogen-bond donors (Lipinski definition) is 3. The van der Waals surface area contributed by atoms with Crippen molar-refractivity contribution in [1.82, 2.24) is 5.32 Å². The maximum atomic E-state index is 13.0. The third-order valence-electron chi connectivity index (χ3n) is 3.99. The number of carbonyl (C=O) groups is 1. The van der Waals surface area contributed by atoms with E-state index in [0.29, 0.717) is 30.2 Å². The van der Waals surface area contributed by atoms with Crippen LogP contribution in [0.4, 0.5) is 4.39 Å². The molecule has 0 aromatic heterocycles. The number of hydrogen-bond acceptors (Lipinski definition) is 5. The van der Waals surface area contributed by atoms with Gasteiger partial charge in [-0.3, -0.25) is 4.79 Å². The molecule has 5 nitrogen and oxygen atoms in total. The third kappa shape index (κ3) is 5.55. The summed E-state index contributed by atoms with van der Waals surface area (Å²) < 4.78 is 18.3. The molecule has 0 spiro atoms. The van der Waals surface area contributed by atoms with Crippen molar-refractivity contribution in [3.05, 3.63) is 71.8 Å². The highest BCUT2D eigenvalue weighted by Gasteiger charge is 2.20. The minimum absolute atomic E-state index is 0.235. The SMILES string of the molecule is C=C/C=C(\C=C(/N)NC1CCOCC1)C(N)C(=O)c1ccc(F)cc1. The van der Waals surface area contributed by atoms with Gasteiger partial charge < -0.3 is 21.5 Å². The fraction of sp³-hybridized carbons (Fsp3) is 0.316. The molecule has 25 heavy (non-hydrogen) atoms. The predicted molar refractivity (Wildman–Crippen MR) is 96.2 cm³/mol. The molecule has 6 heteroatoms. The Bertz CT molecular complexity index is 662. The van der Waals surface area contributed by atoms with Crippen LogP contribution in [0.1, 0.15) is 23.2 Å². The molecule has 1 aliphatic heterocycles. The van der Waals surface area contributed by atoms with Crippen LogP contribution in [0.25, 0.3) is 0 Å². The first-order valence-electron chi connectivity index (χ1n) is 8.20. The molecule has 1 atom stereocenters. The van der Waals surface area contributed by atoms with Crippen molar-refractivity contribution < 1.29 is 13.9 Å². The van der Waals surface area contributed by atoms with Crippen LogP contribution in [0.3, 0.4) is 0 Å². The van der Waals surface area contributed by atoms with Crippen molar-refractivity contribution in [2.75, 3.05) is 13.2 Å². The molecular formula is C19H24FN3O2. The Hall–Kier alpha value is -2.44. The molecule has 1 aliphatic rings. The van der Waals surface area contributed by atoms with Crippen LogP contribution in [0.15, 0.2) is 60.5 Å². The molecule has 1 heterocycles. The van der Waals surface area contributed by atoms with E-state index in [4.69, 9.17) is 16.2 Å². The molecule has 0 bridgehead atoms. The molecule has 0 radical (unpaired) electrons. The van der Waals surface area contributed by atoms with Crippen LogP contribution in [-0.4, -0.2) is 31.1 Å². The first-order chi connectivity index (χ1) is 12.0. The zero-order valence-electron chi connectivity index (χ0n) is 14.1. The van der Waals surface area contributed by atoms with Crippen molar-refractivity contribution in [3.63, 3.8) is 0 Å². The van der Waals surface area contributed by atoms with Crippen LogP contribution in [0, 0.1) is 5.82 Å². The van der Waals surface area contributed by atoms with Gasteiger partial charge in [-0.2, -0.15) is 0 Å². The number of benzene rings is 1. The molecule has 134 valence electrons. The van der Waals surface area contributed by atoms with E-state index >= 15 is 0 Å². The molecular weight excluding hydrogens is 321 g/mol. The number of rotatable bonds is 7. The van der Waals surface area contributed by atoms with E-state index in [1.54, 1.807) is 18.2 Å². The summed E-state index contributed by atoms with van der Waals surface area (Å²) in [7, 11) is 0. The number of allylic oxidation sites excluding steroid dienone is 2. The molecule has 5 N–H and O–H groups in total. The molecule has 0 aliphatic carbocycles. The summed E-state index contributed by atoms with van der Waals surface area (Å²) in [6.07, 6.45) is 6.57. The molecule has 0 amide bonds. The van der Waals surface area contributed by atoms with Gasteiger partial charge in [0.25, 0.3) is 0 Å². The zero-order chi connectivity index (χ0) is 18.2. The highest BCUT2D eigenvalue weighted by Crippen LogP contribution is 2.13. The van der Waals surface area contributed by atoms with Crippen molar-refractivity contribution >= 4 is 5.78 Å². The van der Waals surface area contributed by atoms with Crippen molar-refractivity contribution in [3.8, 4) is 0 Å². The van der Waals surface area contributed by atoms with Crippen LogP contribution in [-0.2, 0) is 4.74 Å². The van der Waals surface area contributed by atoms with E-state index in [-0.39, 0.29) is 11.8 Å². The molecule has 0 saturated carbocycles. The number of nitrogens with one attached hydrogen (secondary N) is 1. The molecule has 1 aromatic carbocycles. The van der Waals surface area contributed by atoms with Gasteiger partial charge in [0.05, 0.1) is 11.9 Å². The van der Waals surface area contributed by atoms with Gasteiger partial charge in [-0.05, 0) is 48.8 Å². The van der Waals surface area contributed by atoms with Gasteiger partial charge >= 0.3 is 0 Å². The largest absolute Gasteiger partial charge is 0.386 e. The number of nitrogens with two attached hydrogens (primary N) is 2. The van der Waals surface area contributed by atoms with Gasteiger partial charge in [0.2, 0.25) is 0 Å². The number of Topliss-reactive ketones (excluding diaryl/α,β-unsaturated/α-hetero) is 1. The topological polar surface area (TPSA) is 90.4 Å². The lowest BCUT2D eigenvalue weighted by Gasteiger charge is -2.24. The van der Waals surface area contributed by atoms with Crippen LogP contribution in [0.5, 0.6) is 0 Å². The standard InChI is InChI=1S/C19H24FN3O2/c1-2-3-14(12-17(21)23-16-8-10-25-11-9-16)18(22)19(24)13-4-6-15(20)7-5-13/h2-7,12,16,18,23H,1,8-11,21-22H2/b14-3+,17-12+. The van der Waals surface area contributed by atoms with Gasteiger partial charge in [0.15, 0.2) is 5.78 Å². The lowest BCUT2D eigenvalue weighted by molar-refractivity contribution is 0.0803. The van der Waals surface area contributed by atoms with E-state index in [9.17, 15) is 9.18 Å². The first-order valence-corrected chi connectivity index (χ1v) is 8.20. The summed E-state index contributed by atoms with van der Waals surface area (Å²) in [5.74, 6) is -0.289. The fourth-order valence-corrected chi connectivity index (χ4v) is 2.62. The Kier molecular flexibility index (Phi) is 6.91. The minimum atomic E-state index is -0.918. The quantitative estimate of drug-likeness (QED) is 0.519. The van der Waals surface area contributed by atoms with E-state index in [2.05, 4.69) is 11.9 Å². The van der Waals surface area contributed by atoms with Gasteiger partial charge in [-0.25, -0.2) is 4.39 Å². The van der Waals surface area contributed by atoms with E-state index < -0.39 is 11.9 Å². The highest BCUT2D eigenvalue weighted by atomic mass is 19.1. The average Bonchev–Trinajstić information content (AvgIpc) is 2.61. The van der Waals surface area contributed by atoms with Crippen LogP contribution >= 0.6 is 0 Å². The molecule has 2 rings (SSSR count). The number of ketones is 1. The third-order valence-corrected chi connectivity index (χ3v) is 3.99. The lowest BCUT2D eigenvalue weighted by atomic mass is 9.97. The second-order valence-corrected chi connectivity index (χ2v) is 5.88. The smallest absolute Gasteiger partial charge is 0.184 e. The maximum Gasteiger partial charge on any atom is 0.184 e. The summed E-state index contributed by atoms with van der Waals surface area (Å²) in [5.41, 5.74) is 13.0. The second-order valence-electron chi connectivity index (χ2n) is 5.88. The Morgan fingerprint density at radius 2 is 1.96 bits per heavy atom. The van der Waals surface area contributed by atoms with Crippen molar-refractivity contribution in [1.29, 1.82) is 0 Å². The van der Waals surface area contributed by atoms with E-state index in [1.807, 2.05) is 0 Å². The molecule has 1 saturated heterocycles. The monoisotopic (exact) mass is 345 g/mol. The lowest BCUT2D eigenvalue weighted by Crippen LogP contribution is -2.38. The summed E-state index contributed by atoms with van der Waals surface area (Å²) in [4.78, 5) is 12.5.